The number of anilines is 2. The minimum atomic E-state index is -1.15. The van der Waals surface area contributed by atoms with Crippen LogP contribution in [0, 0.1) is 23.7 Å². The molecule has 6 atom stereocenters. The molecule has 4 saturated heterocycles. The first kappa shape index (κ1) is 24.9. The fraction of sp³-hybridized carbons (Fsp3) is 0.200. The number of nitrogens with one attached hydrogen (secondary N) is 1. The predicted molar refractivity (Wildman–Crippen MR) is 155 cm³/mol. The normalized spacial score (nSPS) is 32.9. The number of fused-ring (bicyclic) bond motifs is 8. The number of hydrogen-bond donors (Lipinski definition) is 1. The van der Waals surface area contributed by atoms with Gasteiger partial charge in [-0.3, -0.25) is 19.2 Å². The van der Waals surface area contributed by atoms with Gasteiger partial charge in [0.2, 0.25) is 23.6 Å². The third-order valence-electron chi connectivity index (χ3n) is 10.3. The molecule has 0 aromatic heterocycles. The van der Waals surface area contributed by atoms with Gasteiger partial charge in [0.15, 0.2) is 0 Å². The Morgan fingerprint density at radius 2 is 0.714 bits per heavy atom. The summed E-state index contributed by atoms with van der Waals surface area (Å²) in [6, 6.07) is 37.1. The summed E-state index contributed by atoms with van der Waals surface area (Å²) in [5.74, 6) is -4.68. The number of hydrogen-bond acceptors (Lipinski definition) is 4. The molecule has 4 amide bonds. The minimum Gasteiger partial charge on any atom is -0.317 e. The van der Waals surface area contributed by atoms with Gasteiger partial charge < -0.3 is 4.90 Å². The van der Waals surface area contributed by atoms with Crippen molar-refractivity contribution in [3.05, 3.63) is 132 Å². The number of rotatable bonds is 4. The Morgan fingerprint density at radius 3 is 1.00 bits per heavy atom. The average Bonchev–Trinajstić information content (AvgIpc) is 3.64. The van der Waals surface area contributed by atoms with E-state index in [-0.39, 0.29) is 23.6 Å². The van der Waals surface area contributed by atoms with E-state index in [1.165, 1.54) is 9.80 Å². The van der Waals surface area contributed by atoms with Crippen molar-refractivity contribution in [2.24, 2.45) is 23.7 Å². The highest BCUT2D eigenvalue weighted by Crippen LogP contribution is 2.67. The third-order valence-corrected chi connectivity index (χ3v) is 10.3. The van der Waals surface area contributed by atoms with Crippen LogP contribution in [0.15, 0.2) is 121 Å². The van der Waals surface area contributed by atoms with Gasteiger partial charge >= 0.3 is 0 Å². The van der Waals surface area contributed by atoms with Gasteiger partial charge in [0.1, 0.15) is 34.7 Å². The zero-order valence-corrected chi connectivity index (χ0v) is 22.9. The molecule has 4 aromatic rings. The molecule has 4 aromatic carbocycles. The van der Waals surface area contributed by atoms with Crippen LogP contribution in [0.1, 0.15) is 11.1 Å². The van der Waals surface area contributed by atoms with Crippen molar-refractivity contribution < 1.29 is 24.1 Å². The van der Waals surface area contributed by atoms with Crippen LogP contribution in [0.4, 0.5) is 11.4 Å². The van der Waals surface area contributed by atoms with Gasteiger partial charge in [0.05, 0.1) is 18.4 Å². The van der Waals surface area contributed by atoms with Crippen LogP contribution >= 0.6 is 0 Å². The van der Waals surface area contributed by atoms with E-state index in [1.54, 1.807) is 48.5 Å². The first-order valence-corrected chi connectivity index (χ1v) is 14.3. The Labute approximate surface area is 243 Å². The molecule has 2 unspecified atom stereocenters. The molecule has 4 aliphatic rings. The van der Waals surface area contributed by atoms with Crippen LogP contribution in [-0.4, -0.2) is 30.7 Å². The largest absolute Gasteiger partial charge is 0.317 e. The van der Waals surface area contributed by atoms with Gasteiger partial charge in [-0.05, 0) is 24.3 Å². The van der Waals surface area contributed by atoms with Crippen LogP contribution < -0.4 is 14.7 Å². The molecule has 42 heavy (non-hydrogen) atoms. The highest BCUT2D eigenvalue weighted by atomic mass is 16.2. The molecule has 0 saturated carbocycles. The maximum Gasteiger partial charge on any atom is 0.244 e. The number of nitrogens with zero attached hydrogens (tertiary/aromatic N) is 2. The lowest BCUT2D eigenvalue weighted by Crippen LogP contribution is -3.19. The monoisotopic (exact) mass is 554 g/mol. The van der Waals surface area contributed by atoms with E-state index in [1.807, 2.05) is 79.8 Å². The first-order chi connectivity index (χ1) is 20.5. The third kappa shape index (κ3) is 2.70. The van der Waals surface area contributed by atoms with Gasteiger partial charge in [-0.1, -0.05) is 97.1 Å². The van der Waals surface area contributed by atoms with Crippen molar-refractivity contribution >= 4 is 35.0 Å². The standard InChI is InChI=1S/C35H27N3O4/c1-36-34(22-14-6-2-7-15-22)26-28(32(41)37(30(26)39)24-18-10-4-11-19-24)35(36,23-16-8-3-9-17-23)29-27(34)31(40)38(33(29)42)25-20-12-5-13-21-25/h2-21,26-29H,1H3/p+1/t26-,27+,28-,29+,34?,35?. The number of amides is 4. The van der Waals surface area contributed by atoms with Crippen molar-refractivity contribution in [3.63, 3.8) is 0 Å². The van der Waals surface area contributed by atoms with Gasteiger partial charge in [-0.25, -0.2) is 9.80 Å². The van der Waals surface area contributed by atoms with Crippen molar-refractivity contribution in [1.82, 2.24) is 0 Å². The highest BCUT2D eigenvalue weighted by molar-refractivity contribution is 6.27. The zero-order chi connectivity index (χ0) is 28.8. The molecule has 0 radical (unpaired) electrons. The molecule has 4 aliphatic heterocycles. The summed E-state index contributed by atoms with van der Waals surface area (Å²) in [7, 11) is 1.97. The van der Waals surface area contributed by atoms with E-state index in [9.17, 15) is 19.2 Å². The fourth-order valence-corrected chi connectivity index (χ4v) is 9.08. The van der Waals surface area contributed by atoms with E-state index >= 15 is 0 Å². The molecule has 0 spiro atoms. The van der Waals surface area contributed by atoms with Crippen LogP contribution in [-0.2, 0) is 30.3 Å². The maximum absolute atomic E-state index is 14.7. The van der Waals surface area contributed by atoms with E-state index < -0.39 is 34.7 Å². The molecule has 1 N–H and O–H groups in total. The number of carbonyl (C=O) groups is 4. The molecule has 7 nitrogen and oxygen atoms in total. The van der Waals surface area contributed by atoms with Crippen LogP contribution in [0.5, 0.6) is 0 Å². The number of quaternary nitrogens is 1. The van der Waals surface area contributed by atoms with Crippen LogP contribution in [0.25, 0.3) is 0 Å². The molecular weight excluding hydrogens is 526 g/mol. The summed E-state index contributed by atoms with van der Waals surface area (Å²) in [4.78, 5) is 62.2. The van der Waals surface area contributed by atoms with E-state index in [4.69, 9.17) is 0 Å². The summed E-state index contributed by atoms with van der Waals surface area (Å²) in [5, 5.41) is 0. The Balaban J connectivity index is 1.46. The number of para-hydroxylation sites is 2. The fourth-order valence-electron chi connectivity index (χ4n) is 9.08. The number of imide groups is 2. The molecule has 206 valence electrons. The van der Waals surface area contributed by atoms with Crippen LogP contribution in [0.3, 0.4) is 0 Å². The minimum absolute atomic E-state index is 0.325. The second-order valence-electron chi connectivity index (χ2n) is 11.7. The van der Waals surface area contributed by atoms with Gasteiger partial charge in [-0.15, -0.1) is 0 Å². The van der Waals surface area contributed by atoms with Crippen LogP contribution in [0.2, 0.25) is 0 Å². The quantitative estimate of drug-likeness (QED) is 0.394. The van der Waals surface area contributed by atoms with E-state index in [0.29, 0.717) is 11.4 Å². The Morgan fingerprint density at radius 1 is 0.452 bits per heavy atom. The van der Waals surface area contributed by atoms with E-state index in [2.05, 4.69) is 0 Å². The average molecular weight is 555 g/mol. The summed E-state index contributed by atoms with van der Waals surface area (Å²) in [6.45, 7) is 0. The predicted octanol–water partition coefficient (Wildman–Crippen LogP) is 2.93. The van der Waals surface area contributed by atoms with Gasteiger partial charge in [0.25, 0.3) is 0 Å². The van der Waals surface area contributed by atoms with Gasteiger partial charge in [-0.2, -0.15) is 0 Å². The molecular formula is C35H28N3O4+. The Hall–Kier alpha value is -4.88. The lowest BCUT2D eigenvalue weighted by Gasteiger charge is -2.39. The summed E-state index contributed by atoms with van der Waals surface area (Å²) < 4.78 is 0. The Kier molecular flexibility index (Phi) is 5.07. The van der Waals surface area contributed by atoms with Crippen molar-refractivity contribution in [2.75, 3.05) is 16.8 Å². The summed E-state index contributed by atoms with van der Waals surface area (Å²) >= 11 is 0. The lowest BCUT2D eigenvalue weighted by atomic mass is 9.55. The molecule has 4 fully saturated rings. The van der Waals surface area contributed by atoms with Crippen molar-refractivity contribution in [2.45, 2.75) is 11.1 Å². The molecule has 7 heteroatoms. The van der Waals surface area contributed by atoms with Gasteiger partial charge in [0, 0.05) is 11.1 Å². The molecule has 8 rings (SSSR count). The second kappa shape index (κ2) is 8.57. The second-order valence-corrected chi connectivity index (χ2v) is 11.7. The number of benzene rings is 4. The van der Waals surface area contributed by atoms with Crippen molar-refractivity contribution in [3.8, 4) is 0 Å². The van der Waals surface area contributed by atoms with Crippen molar-refractivity contribution in [1.29, 1.82) is 0 Å². The highest BCUT2D eigenvalue weighted by Gasteiger charge is 2.92. The maximum atomic E-state index is 14.7. The van der Waals surface area contributed by atoms with E-state index in [0.717, 1.165) is 16.0 Å². The summed E-state index contributed by atoms with van der Waals surface area (Å²) in [6.07, 6.45) is 0. The molecule has 4 heterocycles. The smallest absolute Gasteiger partial charge is 0.244 e. The number of carbonyl (C=O) groups excluding carboxylic acids is 4. The summed E-state index contributed by atoms with van der Waals surface area (Å²) in [5.41, 5.74) is 0.265. The molecule has 0 aliphatic carbocycles. The topological polar surface area (TPSA) is 79.2 Å². The first-order valence-electron chi connectivity index (χ1n) is 14.3. The zero-order valence-electron chi connectivity index (χ0n) is 22.9. The lowest BCUT2D eigenvalue weighted by molar-refractivity contribution is -0.973. The molecule has 2 bridgehead atoms. The SMILES string of the molecule is C[NH+]1C2(c3ccccc3)[C@@H]3C(=O)N(c4ccccc4)C(=O)[C@H]3C1(c1ccccc1)[C@H]1C(=O)N(c3ccccc3)C(=O)[C@@H]12. The Bertz CT molecular complexity index is 1580.